The maximum Gasteiger partial charge on any atom is 0.230 e. The number of carbonyl (C=O) groups is 1. The summed E-state index contributed by atoms with van der Waals surface area (Å²) in [6.45, 7) is 6.76. The van der Waals surface area contributed by atoms with E-state index in [0.29, 0.717) is 17.7 Å². The fraction of sp³-hybridized carbons (Fsp3) is 0.567. The van der Waals surface area contributed by atoms with E-state index in [2.05, 4.69) is 39.8 Å². The second kappa shape index (κ2) is 11.2. The Hall–Kier alpha value is -2.60. The lowest BCUT2D eigenvalue weighted by atomic mass is 9.93. The molecule has 3 aliphatic rings. The van der Waals surface area contributed by atoms with Gasteiger partial charge in [0.1, 0.15) is 11.6 Å². The van der Waals surface area contributed by atoms with E-state index in [9.17, 15) is 9.18 Å². The van der Waals surface area contributed by atoms with Crippen LogP contribution in [0.15, 0.2) is 36.4 Å². The van der Waals surface area contributed by atoms with Crippen LogP contribution in [0.1, 0.15) is 69.0 Å². The fourth-order valence-electron chi connectivity index (χ4n) is 6.33. The summed E-state index contributed by atoms with van der Waals surface area (Å²) >= 11 is 0. The zero-order valence-corrected chi connectivity index (χ0v) is 21.8. The van der Waals surface area contributed by atoms with Gasteiger partial charge in [0.25, 0.3) is 0 Å². The summed E-state index contributed by atoms with van der Waals surface area (Å²) in [5, 5.41) is 0. The van der Waals surface area contributed by atoms with Crippen LogP contribution in [0.3, 0.4) is 0 Å². The summed E-state index contributed by atoms with van der Waals surface area (Å²) < 4.78 is 19.1. The Morgan fingerprint density at radius 2 is 1.64 bits per heavy atom. The van der Waals surface area contributed by atoms with Gasteiger partial charge < -0.3 is 14.5 Å². The molecule has 0 spiro atoms. The number of rotatable bonds is 5. The Kier molecular flexibility index (Phi) is 7.80. The van der Waals surface area contributed by atoms with Gasteiger partial charge in [-0.05, 0) is 61.9 Å². The van der Waals surface area contributed by atoms with Gasteiger partial charge in [0.05, 0.1) is 12.8 Å². The van der Waals surface area contributed by atoms with Crippen LogP contribution in [0, 0.1) is 11.7 Å². The second-order valence-corrected chi connectivity index (χ2v) is 10.7. The van der Waals surface area contributed by atoms with Crippen LogP contribution in [0.25, 0.3) is 0 Å². The number of carbonyl (C=O) groups excluding carboxylic acids is 1. The van der Waals surface area contributed by atoms with Crippen LogP contribution in [0.2, 0.25) is 0 Å². The smallest absolute Gasteiger partial charge is 0.230 e. The van der Waals surface area contributed by atoms with Gasteiger partial charge in [-0.2, -0.15) is 0 Å². The second-order valence-electron chi connectivity index (χ2n) is 10.7. The molecule has 2 heterocycles. The third-order valence-electron chi connectivity index (χ3n) is 8.52. The molecule has 1 aliphatic carbocycles. The minimum absolute atomic E-state index is 0.202. The molecular weight excluding hydrogens is 453 g/mol. The van der Waals surface area contributed by atoms with Crippen molar-refractivity contribution in [3.8, 4) is 5.75 Å². The number of amides is 1. The molecule has 0 aromatic heterocycles. The predicted molar refractivity (Wildman–Crippen MR) is 143 cm³/mol. The van der Waals surface area contributed by atoms with Gasteiger partial charge in [0.15, 0.2) is 0 Å². The normalized spacial score (nSPS) is 20.5. The van der Waals surface area contributed by atoms with Crippen molar-refractivity contribution in [3.05, 3.63) is 53.3 Å². The third kappa shape index (κ3) is 5.24. The largest absolute Gasteiger partial charge is 0.494 e. The Morgan fingerprint density at radius 1 is 0.917 bits per heavy atom. The van der Waals surface area contributed by atoms with Crippen LogP contribution in [-0.4, -0.2) is 50.6 Å². The Bertz CT molecular complexity index is 1060. The molecule has 0 N–H and O–H groups in total. The fourth-order valence-corrected chi connectivity index (χ4v) is 6.33. The van der Waals surface area contributed by atoms with Crippen molar-refractivity contribution in [1.82, 2.24) is 4.90 Å². The molecule has 5 nitrogen and oxygen atoms in total. The number of methoxy groups -OCH3 is 1. The monoisotopic (exact) mass is 493 g/mol. The standard InChI is InChI=1S/C30H40FN3O2/c1-22(32-16-18-33(19-17-32)28-14-12-26(31)21-29(28)36-2)24-11-13-27-25(20-24)10-7-15-34(27)30(35)23-8-5-3-4-6-9-23/h11-14,20-23H,3-10,15-19H2,1-2H3. The number of aryl methyl sites for hydroxylation is 1. The van der Waals surface area contributed by atoms with Crippen LogP contribution in [0.5, 0.6) is 5.75 Å². The summed E-state index contributed by atoms with van der Waals surface area (Å²) in [4.78, 5) is 20.3. The average Bonchev–Trinajstić information content (AvgIpc) is 3.21. The number of ether oxygens (including phenoxy) is 1. The van der Waals surface area contributed by atoms with Gasteiger partial charge in [-0.1, -0.05) is 37.8 Å². The van der Waals surface area contributed by atoms with E-state index < -0.39 is 0 Å². The molecule has 0 radical (unpaired) electrons. The first-order valence-corrected chi connectivity index (χ1v) is 13.8. The number of fused-ring (bicyclic) bond motifs is 1. The highest BCUT2D eigenvalue weighted by molar-refractivity contribution is 5.96. The Morgan fingerprint density at radius 3 is 2.36 bits per heavy atom. The number of halogens is 1. The van der Waals surface area contributed by atoms with Crippen LogP contribution < -0.4 is 14.5 Å². The van der Waals surface area contributed by atoms with Gasteiger partial charge in [-0.25, -0.2) is 4.39 Å². The molecule has 2 aromatic rings. The van der Waals surface area contributed by atoms with Crippen LogP contribution in [-0.2, 0) is 11.2 Å². The molecule has 6 heteroatoms. The number of piperazine rings is 1. The molecule has 194 valence electrons. The summed E-state index contributed by atoms with van der Waals surface area (Å²) in [5.41, 5.74) is 4.74. The lowest BCUT2D eigenvalue weighted by molar-refractivity contribution is -0.122. The molecule has 36 heavy (non-hydrogen) atoms. The van der Waals surface area contributed by atoms with E-state index in [1.54, 1.807) is 7.11 Å². The SMILES string of the molecule is COc1cc(F)ccc1N1CCN(C(C)c2ccc3c(c2)CCCN3C(=O)C2CCCCCC2)CC1. The molecule has 1 atom stereocenters. The number of hydrogen-bond acceptors (Lipinski definition) is 4. The molecule has 2 fully saturated rings. The first kappa shape index (κ1) is 25.1. The van der Waals surface area contributed by atoms with E-state index in [0.717, 1.165) is 69.8 Å². The van der Waals surface area contributed by atoms with Crippen molar-refractivity contribution in [2.24, 2.45) is 5.92 Å². The molecule has 2 aromatic carbocycles. The first-order valence-electron chi connectivity index (χ1n) is 13.8. The zero-order valence-electron chi connectivity index (χ0n) is 21.8. The quantitative estimate of drug-likeness (QED) is 0.481. The lowest BCUT2D eigenvalue weighted by Crippen LogP contribution is -2.47. The van der Waals surface area contributed by atoms with Crippen molar-refractivity contribution in [1.29, 1.82) is 0 Å². The molecule has 1 saturated heterocycles. The van der Waals surface area contributed by atoms with E-state index in [1.807, 2.05) is 6.07 Å². The van der Waals surface area contributed by atoms with E-state index in [1.165, 1.54) is 48.9 Å². The van der Waals surface area contributed by atoms with Gasteiger partial charge in [-0.15, -0.1) is 0 Å². The number of anilines is 2. The van der Waals surface area contributed by atoms with Gasteiger partial charge in [0.2, 0.25) is 5.91 Å². The molecule has 5 rings (SSSR count). The highest BCUT2D eigenvalue weighted by Crippen LogP contribution is 2.35. The molecule has 0 bridgehead atoms. The van der Waals surface area contributed by atoms with E-state index in [-0.39, 0.29) is 11.7 Å². The maximum atomic E-state index is 13.6. The molecule has 2 aliphatic heterocycles. The summed E-state index contributed by atoms with van der Waals surface area (Å²) in [6.07, 6.45) is 9.11. The molecule has 1 unspecified atom stereocenters. The minimum Gasteiger partial charge on any atom is -0.494 e. The van der Waals surface area contributed by atoms with Crippen molar-refractivity contribution in [2.45, 2.75) is 64.3 Å². The minimum atomic E-state index is -0.273. The van der Waals surface area contributed by atoms with E-state index in [4.69, 9.17) is 4.74 Å². The zero-order chi connectivity index (χ0) is 25.1. The summed E-state index contributed by atoms with van der Waals surface area (Å²) in [7, 11) is 1.60. The Labute approximate surface area is 215 Å². The lowest BCUT2D eigenvalue weighted by Gasteiger charge is -2.40. The number of hydrogen-bond donors (Lipinski definition) is 0. The van der Waals surface area contributed by atoms with Crippen molar-refractivity contribution < 1.29 is 13.9 Å². The van der Waals surface area contributed by atoms with Crippen LogP contribution in [0.4, 0.5) is 15.8 Å². The highest BCUT2D eigenvalue weighted by Gasteiger charge is 2.30. The van der Waals surface area contributed by atoms with Gasteiger partial charge >= 0.3 is 0 Å². The van der Waals surface area contributed by atoms with Crippen molar-refractivity contribution in [3.63, 3.8) is 0 Å². The summed E-state index contributed by atoms with van der Waals surface area (Å²) in [5.74, 6) is 0.873. The first-order chi connectivity index (χ1) is 17.5. The van der Waals surface area contributed by atoms with Gasteiger partial charge in [0, 0.05) is 56.4 Å². The topological polar surface area (TPSA) is 36.0 Å². The van der Waals surface area contributed by atoms with E-state index >= 15 is 0 Å². The predicted octanol–water partition coefficient (Wildman–Crippen LogP) is 5.97. The number of nitrogens with zero attached hydrogens (tertiary/aromatic N) is 3. The molecule has 1 saturated carbocycles. The van der Waals surface area contributed by atoms with Crippen molar-refractivity contribution >= 4 is 17.3 Å². The highest BCUT2D eigenvalue weighted by atomic mass is 19.1. The summed E-state index contributed by atoms with van der Waals surface area (Å²) in [6, 6.07) is 11.9. The van der Waals surface area contributed by atoms with Crippen molar-refractivity contribution in [2.75, 3.05) is 49.6 Å². The number of benzene rings is 2. The molecule has 1 amide bonds. The van der Waals surface area contributed by atoms with Crippen LogP contribution >= 0.6 is 0 Å². The maximum absolute atomic E-state index is 13.6. The third-order valence-corrected chi connectivity index (χ3v) is 8.52. The molecular formula is C30H40FN3O2. The van der Waals surface area contributed by atoms with Gasteiger partial charge in [-0.3, -0.25) is 9.69 Å². The average molecular weight is 494 g/mol. The Balaban J connectivity index is 1.25.